The van der Waals surface area contributed by atoms with Gasteiger partial charge in [-0.1, -0.05) is 17.7 Å². The van der Waals surface area contributed by atoms with Gasteiger partial charge in [0, 0.05) is 5.56 Å². The van der Waals surface area contributed by atoms with Crippen LogP contribution < -0.4 is 9.47 Å². The molecule has 0 amide bonds. The van der Waals surface area contributed by atoms with Crippen LogP contribution in [0.1, 0.15) is 15.9 Å². The van der Waals surface area contributed by atoms with Gasteiger partial charge in [-0.05, 0) is 40.2 Å². The molecule has 0 aromatic heterocycles. The minimum atomic E-state index is -0.514. The van der Waals surface area contributed by atoms with E-state index >= 15 is 0 Å². The fraction of sp³-hybridized carbons (Fsp3) is 0.133. The molecule has 110 valence electrons. The zero-order valence-corrected chi connectivity index (χ0v) is 13.6. The van der Waals surface area contributed by atoms with Gasteiger partial charge in [0.15, 0.2) is 11.5 Å². The first-order valence-electron chi connectivity index (χ1n) is 5.90. The lowest BCUT2D eigenvalue weighted by Gasteiger charge is -2.13. The molecule has 6 heteroatoms. The summed E-state index contributed by atoms with van der Waals surface area (Å²) in [5.74, 6) is -0.331. The van der Waals surface area contributed by atoms with Crippen LogP contribution in [0.2, 0.25) is 5.02 Å². The highest BCUT2D eigenvalue weighted by Crippen LogP contribution is 2.38. The fourth-order valence-corrected chi connectivity index (χ4v) is 2.66. The van der Waals surface area contributed by atoms with E-state index in [2.05, 4.69) is 15.9 Å². The second kappa shape index (κ2) is 6.45. The van der Waals surface area contributed by atoms with E-state index in [0.29, 0.717) is 5.75 Å². The molecule has 0 radical (unpaired) electrons. The van der Waals surface area contributed by atoms with E-state index in [1.807, 2.05) is 0 Å². The number of methoxy groups -OCH3 is 2. The van der Waals surface area contributed by atoms with Gasteiger partial charge in [-0.25, -0.2) is 4.39 Å². The van der Waals surface area contributed by atoms with Crippen LogP contribution in [0.5, 0.6) is 11.5 Å². The Morgan fingerprint density at radius 3 is 2.48 bits per heavy atom. The molecule has 3 nitrogen and oxygen atoms in total. The van der Waals surface area contributed by atoms with Gasteiger partial charge in [-0.2, -0.15) is 0 Å². The second-order valence-electron chi connectivity index (χ2n) is 4.09. The summed E-state index contributed by atoms with van der Waals surface area (Å²) in [5.41, 5.74) is 0.420. The van der Waals surface area contributed by atoms with Crippen molar-refractivity contribution in [2.24, 2.45) is 0 Å². The van der Waals surface area contributed by atoms with Crippen LogP contribution in [0.4, 0.5) is 4.39 Å². The van der Waals surface area contributed by atoms with E-state index in [-0.39, 0.29) is 26.4 Å². The van der Waals surface area contributed by atoms with E-state index in [0.717, 1.165) is 0 Å². The normalized spacial score (nSPS) is 10.3. The standard InChI is InChI=1S/C15H11BrClFO3/c1-20-11-7-6-9(15(21-2)13(11)17)14(19)8-4-3-5-10(18)12(8)16/h3-7H,1-2H3. The number of hydrogen-bond acceptors (Lipinski definition) is 3. The molecule has 0 unspecified atom stereocenters. The summed E-state index contributed by atoms with van der Waals surface area (Å²) in [4.78, 5) is 12.6. The Bertz CT molecular complexity index is 704. The summed E-state index contributed by atoms with van der Waals surface area (Å²) < 4.78 is 23.9. The largest absolute Gasteiger partial charge is 0.495 e. The molecule has 0 saturated heterocycles. The Balaban J connectivity index is 2.59. The molecule has 0 fully saturated rings. The summed E-state index contributed by atoms with van der Waals surface area (Å²) >= 11 is 9.21. The van der Waals surface area contributed by atoms with Gasteiger partial charge < -0.3 is 9.47 Å². The highest BCUT2D eigenvalue weighted by molar-refractivity contribution is 9.10. The third-order valence-electron chi connectivity index (χ3n) is 2.93. The molecular weight excluding hydrogens is 363 g/mol. The van der Waals surface area contributed by atoms with Crippen molar-refractivity contribution in [3.05, 3.63) is 56.8 Å². The molecule has 0 aliphatic carbocycles. The Kier molecular flexibility index (Phi) is 4.85. The first-order chi connectivity index (χ1) is 10.0. The third-order valence-corrected chi connectivity index (χ3v) is 4.09. The lowest BCUT2D eigenvalue weighted by atomic mass is 10.0. The summed E-state index contributed by atoms with van der Waals surface area (Å²) in [6, 6.07) is 7.34. The molecule has 0 heterocycles. The Hall–Kier alpha value is -1.59. The molecule has 0 bridgehead atoms. The number of carbonyl (C=O) groups excluding carboxylic acids is 1. The third kappa shape index (κ3) is 2.89. The first kappa shape index (κ1) is 15.8. The van der Waals surface area contributed by atoms with Crippen molar-refractivity contribution in [2.75, 3.05) is 14.2 Å². The van der Waals surface area contributed by atoms with E-state index in [9.17, 15) is 9.18 Å². The predicted octanol–water partition coefficient (Wildman–Crippen LogP) is 4.49. The number of benzene rings is 2. The predicted molar refractivity (Wildman–Crippen MR) is 82.1 cm³/mol. The Morgan fingerprint density at radius 1 is 1.14 bits per heavy atom. The van der Waals surface area contributed by atoms with E-state index < -0.39 is 11.6 Å². The lowest BCUT2D eigenvalue weighted by molar-refractivity contribution is 0.103. The summed E-state index contributed by atoms with van der Waals surface area (Å²) in [6.07, 6.45) is 0. The average molecular weight is 374 g/mol. The Morgan fingerprint density at radius 2 is 1.86 bits per heavy atom. The van der Waals surface area contributed by atoms with Crippen molar-refractivity contribution in [1.82, 2.24) is 0 Å². The monoisotopic (exact) mass is 372 g/mol. The minimum Gasteiger partial charge on any atom is -0.495 e. The van der Waals surface area contributed by atoms with Crippen molar-refractivity contribution in [3.63, 3.8) is 0 Å². The average Bonchev–Trinajstić information content (AvgIpc) is 2.49. The maximum Gasteiger partial charge on any atom is 0.198 e. The van der Waals surface area contributed by atoms with Crippen molar-refractivity contribution < 1.29 is 18.7 Å². The number of hydrogen-bond donors (Lipinski definition) is 0. The molecule has 2 aromatic carbocycles. The van der Waals surface area contributed by atoms with Crippen LogP contribution in [0.25, 0.3) is 0 Å². The van der Waals surface area contributed by atoms with Crippen molar-refractivity contribution in [3.8, 4) is 11.5 Å². The van der Waals surface area contributed by atoms with E-state index in [1.54, 1.807) is 6.07 Å². The second-order valence-corrected chi connectivity index (χ2v) is 5.26. The number of ketones is 1. The summed E-state index contributed by atoms with van der Waals surface area (Å²) in [6.45, 7) is 0. The topological polar surface area (TPSA) is 35.5 Å². The molecule has 0 saturated carbocycles. The van der Waals surface area contributed by atoms with Gasteiger partial charge in [-0.15, -0.1) is 0 Å². The maximum atomic E-state index is 13.6. The fourth-order valence-electron chi connectivity index (χ4n) is 1.90. The van der Waals surface area contributed by atoms with Gasteiger partial charge in [0.1, 0.15) is 16.6 Å². The lowest BCUT2D eigenvalue weighted by Crippen LogP contribution is -2.06. The zero-order valence-electron chi connectivity index (χ0n) is 11.2. The molecule has 2 aromatic rings. The highest BCUT2D eigenvalue weighted by atomic mass is 79.9. The van der Waals surface area contributed by atoms with Crippen LogP contribution in [0.3, 0.4) is 0 Å². The van der Waals surface area contributed by atoms with Gasteiger partial charge in [0.2, 0.25) is 0 Å². The molecule has 21 heavy (non-hydrogen) atoms. The zero-order chi connectivity index (χ0) is 15.6. The number of rotatable bonds is 4. The highest BCUT2D eigenvalue weighted by Gasteiger charge is 2.22. The minimum absolute atomic E-state index is 0.101. The number of ether oxygens (including phenoxy) is 2. The van der Waals surface area contributed by atoms with E-state index in [4.69, 9.17) is 21.1 Å². The van der Waals surface area contributed by atoms with Crippen LogP contribution in [0.15, 0.2) is 34.8 Å². The molecular formula is C15H11BrClFO3. The van der Waals surface area contributed by atoms with Crippen LogP contribution in [0, 0.1) is 5.82 Å². The van der Waals surface area contributed by atoms with Gasteiger partial charge in [0.25, 0.3) is 0 Å². The van der Waals surface area contributed by atoms with Gasteiger partial charge >= 0.3 is 0 Å². The quantitative estimate of drug-likeness (QED) is 0.741. The van der Waals surface area contributed by atoms with Crippen LogP contribution in [-0.4, -0.2) is 20.0 Å². The van der Waals surface area contributed by atoms with Crippen LogP contribution in [-0.2, 0) is 0 Å². The Labute approximate surface area is 134 Å². The van der Waals surface area contributed by atoms with Crippen molar-refractivity contribution >= 4 is 33.3 Å². The smallest absolute Gasteiger partial charge is 0.198 e. The number of halogens is 3. The summed E-state index contributed by atoms with van der Waals surface area (Å²) in [5, 5.41) is 0.193. The molecule has 0 N–H and O–H groups in total. The van der Waals surface area contributed by atoms with Crippen LogP contribution >= 0.6 is 27.5 Å². The maximum absolute atomic E-state index is 13.6. The SMILES string of the molecule is COc1ccc(C(=O)c2cccc(F)c2Br)c(OC)c1Cl. The van der Waals surface area contributed by atoms with Crippen molar-refractivity contribution in [1.29, 1.82) is 0 Å². The van der Waals surface area contributed by atoms with Gasteiger partial charge in [-0.3, -0.25) is 4.79 Å². The molecule has 0 aliphatic rings. The molecule has 0 spiro atoms. The molecule has 0 atom stereocenters. The van der Waals surface area contributed by atoms with E-state index in [1.165, 1.54) is 38.5 Å². The number of carbonyl (C=O) groups is 1. The molecule has 2 rings (SSSR count). The summed E-state index contributed by atoms with van der Waals surface area (Å²) in [7, 11) is 2.86. The molecule has 0 aliphatic heterocycles. The van der Waals surface area contributed by atoms with Crippen molar-refractivity contribution in [2.45, 2.75) is 0 Å². The van der Waals surface area contributed by atoms with Gasteiger partial charge in [0.05, 0.1) is 24.3 Å². The first-order valence-corrected chi connectivity index (χ1v) is 7.07.